The van der Waals surface area contributed by atoms with Gasteiger partial charge < -0.3 is 10.1 Å². The van der Waals surface area contributed by atoms with Crippen molar-refractivity contribution in [1.29, 1.82) is 0 Å². The molecule has 1 atom stereocenters. The summed E-state index contributed by atoms with van der Waals surface area (Å²) in [7, 11) is -3.49. The van der Waals surface area contributed by atoms with Crippen molar-refractivity contribution in [1.82, 2.24) is 4.31 Å². The van der Waals surface area contributed by atoms with Gasteiger partial charge in [-0.05, 0) is 61.7 Å². The molecule has 0 aliphatic carbocycles. The zero-order chi connectivity index (χ0) is 20.9. The van der Waals surface area contributed by atoms with Crippen LogP contribution in [0.5, 0.6) is 5.75 Å². The number of benzene rings is 2. The first-order valence-corrected chi connectivity index (χ1v) is 11.6. The number of carbonyl (C=O) groups excluding carboxylic acids is 1. The normalized spacial score (nSPS) is 16.2. The maximum atomic E-state index is 12.7. The van der Waals surface area contributed by atoms with Crippen molar-refractivity contribution in [2.45, 2.75) is 43.6 Å². The van der Waals surface area contributed by atoms with Crippen LogP contribution in [-0.2, 0) is 14.8 Å². The first-order chi connectivity index (χ1) is 13.9. The minimum atomic E-state index is -3.49. The van der Waals surface area contributed by atoms with E-state index in [1.165, 1.54) is 16.4 Å². The van der Waals surface area contributed by atoms with E-state index in [4.69, 9.17) is 16.3 Å². The van der Waals surface area contributed by atoms with Crippen LogP contribution < -0.4 is 10.1 Å². The highest BCUT2D eigenvalue weighted by molar-refractivity contribution is 7.89. The molecule has 0 radical (unpaired) electrons. The van der Waals surface area contributed by atoms with Gasteiger partial charge in [-0.2, -0.15) is 4.31 Å². The summed E-state index contributed by atoms with van der Waals surface area (Å²) in [5, 5.41) is 3.31. The number of anilines is 1. The molecule has 8 heteroatoms. The molecule has 1 fully saturated rings. The van der Waals surface area contributed by atoms with Gasteiger partial charge in [0.1, 0.15) is 5.75 Å². The van der Waals surface area contributed by atoms with Gasteiger partial charge in [-0.15, -0.1) is 0 Å². The smallest absolute Gasteiger partial charge is 0.265 e. The molecule has 0 saturated carbocycles. The molecule has 0 spiro atoms. The van der Waals surface area contributed by atoms with Crippen LogP contribution >= 0.6 is 11.6 Å². The van der Waals surface area contributed by atoms with Crippen LogP contribution in [0.3, 0.4) is 0 Å². The number of nitrogens with one attached hydrogen (secondary N) is 1. The summed E-state index contributed by atoms with van der Waals surface area (Å²) in [6, 6.07) is 13.1. The molecule has 156 valence electrons. The number of carbonyl (C=O) groups is 1. The number of amides is 1. The lowest BCUT2D eigenvalue weighted by Crippen LogP contribution is -2.35. The number of sulfonamides is 1. The fourth-order valence-electron chi connectivity index (χ4n) is 3.21. The van der Waals surface area contributed by atoms with E-state index >= 15 is 0 Å². The number of nitrogens with zero attached hydrogens (tertiary/aromatic N) is 1. The second kappa shape index (κ2) is 9.61. The van der Waals surface area contributed by atoms with Crippen molar-refractivity contribution in [3.63, 3.8) is 0 Å². The van der Waals surface area contributed by atoms with E-state index in [0.717, 1.165) is 19.3 Å². The van der Waals surface area contributed by atoms with Crippen molar-refractivity contribution < 1.29 is 17.9 Å². The van der Waals surface area contributed by atoms with E-state index in [1.807, 2.05) is 6.92 Å². The fourth-order valence-corrected chi connectivity index (χ4v) is 4.91. The van der Waals surface area contributed by atoms with Crippen molar-refractivity contribution in [2.24, 2.45) is 0 Å². The monoisotopic (exact) mass is 436 g/mol. The second-order valence-corrected chi connectivity index (χ2v) is 9.32. The van der Waals surface area contributed by atoms with Gasteiger partial charge in [-0.25, -0.2) is 8.42 Å². The van der Waals surface area contributed by atoms with Crippen LogP contribution in [0.25, 0.3) is 0 Å². The lowest BCUT2D eigenvalue weighted by molar-refractivity contribution is -0.122. The molecule has 1 heterocycles. The number of halogens is 1. The number of hydrogen-bond donors (Lipinski definition) is 1. The third kappa shape index (κ3) is 5.50. The van der Waals surface area contributed by atoms with E-state index in [9.17, 15) is 13.2 Å². The molecular weight excluding hydrogens is 412 g/mol. The summed E-state index contributed by atoms with van der Waals surface area (Å²) in [6.45, 7) is 2.96. The van der Waals surface area contributed by atoms with Crippen LogP contribution in [0.15, 0.2) is 53.4 Å². The van der Waals surface area contributed by atoms with Gasteiger partial charge in [0.25, 0.3) is 5.91 Å². The molecule has 6 nitrogen and oxygen atoms in total. The summed E-state index contributed by atoms with van der Waals surface area (Å²) in [5.41, 5.74) is 0.515. The topological polar surface area (TPSA) is 75.7 Å². The molecule has 0 bridgehead atoms. The SMILES string of the molecule is CC[C@@H](Oc1cccc(Cl)c1)C(=O)Nc1ccc(S(=O)(=O)N2CCCCC2)cc1. The quantitative estimate of drug-likeness (QED) is 0.701. The Labute approximate surface area is 176 Å². The van der Waals surface area contributed by atoms with Crippen LogP contribution in [-0.4, -0.2) is 37.8 Å². The average molecular weight is 437 g/mol. The van der Waals surface area contributed by atoms with Crippen molar-refractivity contribution in [3.05, 3.63) is 53.6 Å². The van der Waals surface area contributed by atoms with Gasteiger partial charge in [0.2, 0.25) is 10.0 Å². The molecule has 1 aliphatic heterocycles. The molecule has 1 N–H and O–H groups in total. The van der Waals surface area contributed by atoms with Crippen molar-refractivity contribution in [2.75, 3.05) is 18.4 Å². The van der Waals surface area contributed by atoms with E-state index in [2.05, 4.69) is 5.32 Å². The van der Waals surface area contributed by atoms with Gasteiger partial charge in [0.05, 0.1) is 4.90 Å². The van der Waals surface area contributed by atoms with Crippen molar-refractivity contribution in [3.8, 4) is 5.75 Å². The lowest BCUT2D eigenvalue weighted by atomic mass is 10.2. The predicted octanol–water partition coefficient (Wildman–Crippen LogP) is 4.31. The van der Waals surface area contributed by atoms with E-state index in [0.29, 0.717) is 36.0 Å². The highest BCUT2D eigenvalue weighted by Gasteiger charge is 2.26. The third-order valence-corrected chi connectivity index (χ3v) is 6.96. The van der Waals surface area contributed by atoms with E-state index in [1.54, 1.807) is 36.4 Å². The average Bonchev–Trinajstić information content (AvgIpc) is 2.73. The molecule has 1 aliphatic rings. The zero-order valence-electron chi connectivity index (χ0n) is 16.3. The Balaban J connectivity index is 1.65. The molecule has 29 heavy (non-hydrogen) atoms. The van der Waals surface area contributed by atoms with Gasteiger partial charge in [0.15, 0.2) is 6.10 Å². The zero-order valence-corrected chi connectivity index (χ0v) is 17.9. The standard InChI is InChI=1S/C21H25ClN2O4S/c1-2-20(28-18-8-6-7-16(22)15-18)21(25)23-17-9-11-19(12-10-17)29(26,27)24-13-4-3-5-14-24/h6-12,15,20H,2-5,13-14H2,1H3,(H,23,25)/t20-/m1/s1. The van der Waals surface area contributed by atoms with Crippen LogP contribution in [0.1, 0.15) is 32.6 Å². The van der Waals surface area contributed by atoms with Gasteiger partial charge in [-0.1, -0.05) is 31.0 Å². The largest absolute Gasteiger partial charge is 0.481 e. The Bertz CT molecular complexity index is 941. The molecule has 2 aromatic carbocycles. The minimum absolute atomic E-state index is 0.236. The second-order valence-electron chi connectivity index (χ2n) is 6.95. The van der Waals surface area contributed by atoms with Gasteiger partial charge in [0, 0.05) is 23.8 Å². The summed E-state index contributed by atoms with van der Waals surface area (Å²) in [6.07, 6.45) is 2.62. The summed E-state index contributed by atoms with van der Waals surface area (Å²) >= 11 is 5.96. The van der Waals surface area contributed by atoms with Crippen LogP contribution in [0.2, 0.25) is 5.02 Å². The lowest BCUT2D eigenvalue weighted by Gasteiger charge is -2.26. The Hall–Kier alpha value is -2.09. The van der Waals surface area contributed by atoms with E-state index in [-0.39, 0.29) is 10.8 Å². The maximum Gasteiger partial charge on any atom is 0.265 e. The van der Waals surface area contributed by atoms with Crippen LogP contribution in [0, 0.1) is 0 Å². The Morgan fingerprint density at radius 1 is 1.14 bits per heavy atom. The number of piperidine rings is 1. The Morgan fingerprint density at radius 2 is 1.83 bits per heavy atom. The molecule has 0 aromatic heterocycles. The molecule has 1 saturated heterocycles. The third-order valence-electron chi connectivity index (χ3n) is 4.81. The number of hydrogen-bond acceptors (Lipinski definition) is 4. The summed E-state index contributed by atoms with van der Waals surface area (Å²) in [5.74, 6) is 0.210. The fraction of sp³-hybridized carbons (Fsp3) is 0.381. The Morgan fingerprint density at radius 3 is 2.45 bits per heavy atom. The predicted molar refractivity (Wildman–Crippen MR) is 114 cm³/mol. The first-order valence-electron chi connectivity index (χ1n) is 9.73. The number of rotatable bonds is 7. The highest BCUT2D eigenvalue weighted by atomic mass is 35.5. The summed E-state index contributed by atoms with van der Waals surface area (Å²) in [4.78, 5) is 12.8. The van der Waals surface area contributed by atoms with E-state index < -0.39 is 16.1 Å². The minimum Gasteiger partial charge on any atom is -0.481 e. The summed E-state index contributed by atoms with van der Waals surface area (Å²) < 4.78 is 32.7. The molecule has 0 unspecified atom stereocenters. The molecule has 2 aromatic rings. The molecule has 1 amide bonds. The van der Waals surface area contributed by atoms with Crippen LogP contribution in [0.4, 0.5) is 5.69 Å². The first kappa shape index (κ1) is 21.6. The highest BCUT2D eigenvalue weighted by Crippen LogP contribution is 2.23. The number of ether oxygens (including phenoxy) is 1. The molecule has 3 rings (SSSR count). The molecular formula is C21H25ClN2O4S. The Kier molecular flexibility index (Phi) is 7.16. The van der Waals surface area contributed by atoms with Gasteiger partial charge >= 0.3 is 0 Å². The maximum absolute atomic E-state index is 12.7. The van der Waals surface area contributed by atoms with Crippen molar-refractivity contribution >= 4 is 33.2 Å². The van der Waals surface area contributed by atoms with Gasteiger partial charge in [-0.3, -0.25) is 4.79 Å².